The third-order valence-corrected chi connectivity index (χ3v) is 5.59. The summed E-state index contributed by atoms with van der Waals surface area (Å²) in [6, 6.07) is 9.34. The van der Waals surface area contributed by atoms with Gasteiger partial charge < -0.3 is 14.6 Å². The molecule has 3 aromatic rings. The van der Waals surface area contributed by atoms with Crippen molar-refractivity contribution in [2.75, 3.05) is 18.0 Å². The summed E-state index contributed by atoms with van der Waals surface area (Å²) >= 11 is 0. The van der Waals surface area contributed by atoms with Gasteiger partial charge in [-0.1, -0.05) is 37.3 Å². The maximum absolute atomic E-state index is 12.6. The Labute approximate surface area is 162 Å². The van der Waals surface area contributed by atoms with E-state index in [1.807, 2.05) is 30.3 Å². The molecule has 1 aliphatic rings. The van der Waals surface area contributed by atoms with Gasteiger partial charge in [-0.2, -0.15) is 4.98 Å². The van der Waals surface area contributed by atoms with Gasteiger partial charge in [0.2, 0.25) is 5.95 Å². The molecule has 4 rings (SSSR count). The summed E-state index contributed by atoms with van der Waals surface area (Å²) < 4.78 is 3.10. The Morgan fingerprint density at radius 3 is 2.57 bits per heavy atom. The maximum atomic E-state index is 12.6. The number of aliphatic hydroxyl groups is 1. The number of hydrogen-bond acceptors (Lipinski definition) is 5. The number of benzene rings is 1. The molecule has 1 aromatic carbocycles. The van der Waals surface area contributed by atoms with Crippen LogP contribution in [-0.4, -0.2) is 37.3 Å². The number of rotatable bonds is 4. The number of aromatic amines is 1. The van der Waals surface area contributed by atoms with Crippen molar-refractivity contribution < 1.29 is 5.11 Å². The van der Waals surface area contributed by atoms with Crippen LogP contribution >= 0.6 is 0 Å². The number of nitrogens with one attached hydrogen (secondary N) is 1. The van der Waals surface area contributed by atoms with Crippen LogP contribution in [0.1, 0.15) is 31.4 Å². The summed E-state index contributed by atoms with van der Waals surface area (Å²) in [7, 11) is 1.59. The standard InChI is InChI=1S/C20H25N5O3/c1-13-8-10-24(11-9-13)19-21-17-16(18(27)22-20(28)23(17)2)25(19)12-15(26)14-6-4-3-5-7-14/h3-7,13,15,26H,8-12H2,1-2H3,(H,22,27,28). The Hall–Kier alpha value is -2.87. The van der Waals surface area contributed by atoms with E-state index in [4.69, 9.17) is 0 Å². The number of aliphatic hydroxyl groups excluding tert-OH is 1. The zero-order chi connectivity index (χ0) is 19.8. The van der Waals surface area contributed by atoms with Crippen molar-refractivity contribution in [1.29, 1.82) is 0 Å². The minimum absolute atomic E-state index is 0.184. The van der Waals surface area contributed by atoms with Crippen molar-refractivity contribution in [3.05, 3.63) is 56.7 Å². The summed E-state index contributed by atoms with van der Waals surface area (Å²) in [6.07, 6.45) is 1.29. The number of hydrogen-bond donors (Lipinski definition) is 2. The van der Waals surface area contributed by atoms with Crippen molar-refractivity contribution in [3.8, 4) is 0 Å². The molecule has 8 nitrogen and oxygen atoms in total. The van der Waals surface area contributed by atoms with E-state index in [9.17, 15) is 14.7 Å². The second-order valence-corrected chi connectivity index (χ2v) is 7.61. The third kappa shape index (κ3) is 3.24. The van der Waals surface area contributed by atoms with Crippen molar-refractivity contribution in [3.63, 3.8) is 0 Å². The van der Waals surface area contributed by atoms with Crippen molar-refractivity contribution in [1.82, 2.24) is 19.1 Å². The van der Waals surface area contributed by atoms with E-state index in [0.29, 0.717) is 23.0 Å². The molecule has 0 spiro atoms. The minimum Gasteiger partial charge on any atom is -0.387 e. The van der Waals surface area contributed by atoms with Crippen molar-refractivity contribution >= 4 is 17.1 Å². The highest BCUT2D eigenvalue weighted by Crippen LogP contribution is 2.27. The first-order chi connectivity index (χ1) is 13.5. The Balaban J connectivity index is 1.84. The second kappa shape index (κ2) is 7.27. The molecule has 1 aliphatic heterocycles. The SMILES string of the molecule is CC1CCN(c2nc3c(c(=O)[nH]c(=O)n3C)n2CC(O)c2ccccc2)CC1. The molecule has 1 saturated heterocycles. The molecular weight excluding hydrogens is 358 g/mol. The highest BCUT2D eigenvalue weighted by atomic mass is 16.3. The summed E-state index contributed by atoms with van der Waals surface area (Å²) in [5.74, 6) is 1.28. The number of H-pyrrole nitrogens is 1. The van der Waals surface area contributed by atoms with Gasteiger partial charge in [-0.25, -0.2) is 4.79 Å². The summed E-state index contributed by atoms with van der Waals surface area (Å²) in [4.78, 5) is 33.8. The van der Waals surface area contributed by atoms with Gasteiger partial charge >= 0.3 is 5.69 Å². The fourth-order valence-corrected chi connectivity index (χ4v) is 3.80. The zero-order valence-electron chi connectivity index (χ0n) is 16.1. The molecule has 28 heavy (non-hydrogen) atoms. The normalized spacial score (nSPS) is 16.6. The smallest absolute Gasteiger partial charge is 0.329 e. The van der Waals surface area contributed by atoms with Gasteiger partial charge in [-0.05, 0) is 24.3 Å². The molecule has 0 amide bonds. The predicted octanol–water partition coefficient (Wildman–Crippen LogP) is 1.39. The molecule has 0 aliphatic carbocycles. The quantitative estimate of drug-likeness (QED) is 0.710. The van der Waals surface area contributed by atoms with Crippen LogP contribution in [0, 0.1) is 5.92 Å². The van der Waals surface area contributed by atoms with Crippen LogP contribution < -0.4 is 16.1 Å². The van der Waals surface area contributed by atoms with E-state index < -0.39 is 17.4 Å². The fourth-order valence-electron chi connectivity index (χ4n) is 3.80. The van der Waals surface area contributed by atoms with E-state index >= 15 is 0 Å². The zero-order valence-corrected chi connectivity index (χ0v) is 16.1. The molecule has 0 radical (unpaired) electrons. The predicted molar refractivity (Wildman–Crippen MR) is 108 cm³/mol. The van der Waals surface area contributed by atoms with E-state index in [1.54, 1.807) is 11.6 Å². The van der Waals surface area contributed by atoms with Gasteiger partial charge in [0.25, 0.3) is 5.56 Å². The number of nitrogens with zero attached hydrogens (tertiary/aromatic N) is 4. The van der Waals surface area contributed by atoms with E-state index in [0.717, 1.165) is 31.5 Å². The first-order valence-corrected chi connectivity index (χ1v) is 9.63. The Bertz CT molecular complexity index is 1090. The van der Waals surface area contributed by atoms with Crippen LogP contribution in [-0.2, 0) is 13.6 Å². The Morgan fingerprint density at radius 2 is 1.89 bits per heavy atom. The number of aromatic nitrogens is 4. The molecular formula is C20H25N5O3. The van der Waals surface area contributed by atoms with Gasteiger partial charge in [-0.3, -0.25) is 14.3 Å². The fraction of sp³-hybridized carbons (Fsp3) is 0.450. The lowest BCUT2D eigenvalue weighted by molar-refractivity contribution is 0.158. The third-order valence-electron chi connectivity index (χ3n) is 5.59. The van der Waals surface area contributed by atoms with Gasteiger partial charge in [0, 0.05) is 20.1 Å². The highest BCUT2D eigenvalue weighted by molar-refractivity contribution is 5.74. The Kier molecular flexibility index (Phi) is 4.80. The van der Waals surface area contributed by atoms with E-state index in [-0.39, 0.29) is 6.54 Å². The van der Waals surface area contributed by atoms with Crippen LogP contribution in [0.4, 0.5) is 5.95 Å². The molecule has 0 saturated carbocycles. The second-order valence-electron chi connectivity index (χ2n) is 7.61. The molecule has 2 N–H and O–H groups in total. The molecule has 148 valence electrons. The Morgan fingerprint density at radius 1 is 1.21 bits per heavy atom. The highest BCUT2D eigenvalue weighted by Gasteiger charge is 2.25. The number of imidazole rings is 1. The first kappa shape index (κ1) is 18.5. The van der Waals surface area contributed by atoms with E-state index in [2.05, 4.69) is 21.8 Å². The largest absolute Gasteiger partial charge is 0.387 e. The number of piperidine rings is 1. The van der Waals surface area contributed by atoms with E-state index in [1.165, 1.54) is 4.57 Å². The molecule has 1 unspecified atom stereocenters. The average molecular weight is 383 g/mol. The molecule has 2 aromatic heterocycles. The van der Waals surface area contributed by atoms with Crippen molar-refractivity contribution in [2.24, 2.45) is 13.0 Å². The van der Waals surface area contributed by atoms with Gasteiger partial charge in [0.15, 0.2) is 11.2 Å². The first-order valence-electron chi connectivity index (χ1n) is 9.63. The topological polar surface area (TPSA) is 96.2 Å². The molecule has 3 heterocycles. The lowest BCUT2D eigenvalue weighted by atomic mass is 10.00. The van der Waals surface area contributed by atoms with Crippen LogP contribution in [0.5, 0.6) is 0 Å². The summed E-state index contributed by atoms with van der Waals surface area (Å²) in [6.45, 7) is 4.08. The monoisotopic (exact) mass is 383 g/mol. The van der Waals surface area contributed by atoms with Crippen LogP contribution in [0.15, 0.2) is 39.9 Å². The summed E-state index contributed by atoms with van der Waals surface area (Å²) in [5, 5.41) is 10.8. The maximum Gasteiger partial charge on any atom is 0.329 e. The molecule has 1 fully saturated rings. The lowest BCUT2D eigenvalue weighted by Gasteiger charge is -2.31. The van der Waals surface area contributed by atoms with Gasteiger partial charge in [0.05, 0.1) is 12.6 Å². The van der Waals surface area contributed by atoms with Gasteiger partial charge in [-0.15, -0.1) is 0 Å². The molecule has 1 atom stereocenters. The van der Waals surface area contributed by atoms with Crippen LogP contribution in [0.2, 0.25) is 0 Å². The average Bonchev–Trinajstić information content (AvgIpc) is 3.07. The van der Waals surface area contributed by atoms with Crippen molar-refractivity contribution in [2.45, 2.75) is 32.4 Å². The molecule has 0 bridgehead atoms. The van der Waals surface area contributed by atoms with Crippen LogP contribution in [0.25, 0.3) is 11.2 Å². The lowest BCUT2D eigenvalue weighted by Crippen LogP contribution is -2.35. The minimum atomic E-state index is -0.794. The van der Waals surface area contributed by atoms with Crippen LogP contribution in [0.3, 0.4) is 0 Å². The van der Waals surface area contributed by atoms with Gasteiger partial charge in [0.1, 0.15) is 0 Å². The number of anilines is 1. The number of aryl methyl sites for hydroxylation is 1. The summed E-state index contributed by atoms with van der Waals surface area (Å²) in [5.41, 5.74) is 0.434. The number of fused-ring (bicyclic) bond motifs is 1. The molecule has 8 heteroatoms.